The molecule has 0 bridgehead atoms. The number of imidazole rings is 1. The molecule has 0 atom stereocenters. The zero-order chi connectivity index (χ0) is 11.0. The first-order valence-corrected chi connectivity index (χ1v) is 5.76. The fourth-order valence-corrected chi connectivity index (χ4v) is 2.31. The molecular formula is C11H9N3OS. The number of pyridine rings is 1. The molecule has 5 heteroatoms. The normalized spacial score (nSPS) is 11.0. The topological polar surface area (TPSA) is 39.3 Å². The molecule has 0 aliphatic carbocycles. The standard InChI is InChI=1S/C11H9N3OS/c15-10-1-3-13(4-2-10)7-9-8-14-5-6-16-11(14)12-9/h1-6,8H,7H2. The Bertz CT molecular complexity index is 631. The predicted molar refractivity (Wildman–Crippen MR) is 62.9 cm³/mol. The minimum absolute atomic E-state index is 0.0297. The summed E-state index contributed by atoms with van der Waals surface area (Å²) in [5.41, 5.74) is 1.03. The third-order valence-corrected chi connectivity index (χ3v) is 3.12. The molecule has 3 rings (SSSR count). The molecule has 0 N–H and O–H groups in total. The number of fused-ring (bicyclic) bond motifs is 1. The number of rotatable bonds is 2. The first-order valence-electron chi connectivity index (χ1n) is 4.88. The van der Waals surface area contributed by atoms with E-state index in [1.165, 1.54) is 0 Å². The van der Waals surface area contributed by atoms with Gasteiger partial charge in [0.2, 0.25) is 0 Å². The van der Waals surface area contributed by atoms with Crippen molar-refractivity contribution in [1.29, 1.82) is 0 Å². The Kier molecular flexibility index (Phi) is 2.11. The van der Waals surface area contributed by atoms with Gasteiger partial charge in [0.1, 0.15) is 0 Å². The molecule has 0 spiro atoms. The Balaban J connectivity index is 1.92. The van der Waals surface area contributed by atoms with Crippen molar-refractivity contribution in [3.63, 3.8) is 0 Å². The molecule has 3 heterocycles. The summed E-state index contributed by atoms with van der Waals surface area (Å²) in [4.78, 5) is 16.4. The second-order valence-electron chi connectivity index (χ2n) is 3.53. The number of thiazole rings is 1. The molecule has 3 aromatic heterocycles. The van der Waals surface area contributed by atoms with E-state index in [0.717, 1.165) is 10.7 Å². The smallest absolute Gasteiger partial charge is 0.193 e. The van der Waals surface area contributed by atoms with Gasteiger partial charge in [-0.1, -0.05) is 0 Å². The van der Waals surface area contributed by atoms with Crippen molar-refractivity contribution in [2.45, 2.75) is 6.54 Å². The zero-order valence-electron chi connectivity index (χ0n) is 8.41. The number of nitrogens with zero attached hydrogens (tertiary/aromatic N) is 3. The molecule has 0 aliphatic rings. The summed E-state index contributed by atoms with van der Waals surface area (Å²) >= 11 is 1.61. The zero-order valence-corrected chi connectivity index (χ0v) is 9.22. The van der Waals surface area contributed by atoms with Gasteiger partial charge in [-0.05, 0) is 0 Å². The number of hydrogen-bond acceptors (Lipinski definition) is 3. The van der Waals surface area contributed by atoms with E-state index in [9.17, 15) is 4.79 Å². The first kappa shape index (κ1) is 9.35. The third kappa shape index (κ3) is 1.65. The van der Waals surface area contributed by atoms with Crippen molar-refractivity contribution < 1.29 is 0 Å². The van der Waals surface area contributed by atoms with Crippen molar-refractivity contribution in [3.8, 4) is 0 Å². The summed E-state index contributed by atoms with van der Waals surface area (Å²) in [5.74, 6) is 0. The van der Waals surface area contributed by atoms with Gasteiger partial charge in [-0.2, -0.15) is 0 Å². The summed E-state index contributed by atoms with van der Waals surface area (Å²) in [6.45, 7) is 0.689. The van der Waals surface area contributed by atoms with Gasteiger partial charge in [0.15, 0.2) is 10.4 Å². The van der Waals surface area contributed by atoms with Crippen molar-refractivity contribution in [2.75, 3.05) is 0 Å². The maximum absolute atomic E-state index is 10.9. The van der Waals surface area contributed by atoms with Crippen LogP contribution in [0, 0.1) is 0 Å². The van der Waals surface area contributed by atoms with Crippen LogP contribution < -0.4 is 5.43 Å². The minimum Gasteiger partial charge on any atom is -0.348 e. The Morgan fingerprint density at radius 1 is 1.25 bits per heavy atom. The molecule has 80 valence electrons. The van der Waals surface area contributed by atoms with E-state index in [4.69, 9.17) is 0 Å². The fourth-order valence-electron chi connectivity index (χ4n) is 1.59. The highest BCUT2D eigenvalue weighted by molar-refractivity contribution is 7.15. The molecule has 16 heavy (non-hydrogen) atoms. The average Bonchev–Trinajstić information content (AvgIpc) is 2.81. The van der Waals surface area contributed by atoms with E-state index in [1.54, 1.807) is 35.9 Å². The largest absolute Gasteiger partial charge is 0.348 e. The van der Waals surface area contributed by atoms with Crippen LogP contribution in [0.5, 0.6) is 0 Å². The summed E-state index contributed by atoms with van der Waals surface area (Å²) in [7, 11) is 0. The molecule has 0 aromatic carbocycles. The Morgan fingerprint density at radius 3 is 2.81 bits per heavy atom. The molecular weight excluding hydrogens is 222 g/mol. The monoisotopic (exact) mass is 231 g/mol. The van der Waals surface area contributed by atoms with Crippen LogP contribution in [0.15, 0.2) is 47.1 Å². The highest BCUT2D eigenvalue weighted by Gasteiger charge is 2.02. The minimum atomic E-state index is 0.0297. The van der Waals surface area contributed by atoms with Crippen molar-refractivity contribution >= 4 is 16.3 Å². The van der Waals surface area contributed by atoms with E-state index in [-0.39, 0.29) is 5.43 Å². The number of hydrogen-bond donors (Lipinski definition) is 0. The van der Waals surface area contributed by atoms with Crippen LogP contribution in [0.4, 0.5) is 0 Å². The predicted octanol–water partition coefficient (Wildman–Crippen LogP) is 1.61. The first-order chi connectivity index (χ1) is 7.81. The van der Waals surface area contributed by atoms with E-state index in [1.807, 2.05) is 26.7 Å². The quantitative estimate of drug-likeness (QED) is 0.672. The molecule has 0 radical (unpaired) electrons. The fraction of sp³-hybridized carbons (Fsp3) is 0.0909. The van der Waals surface area contributed by atoms with Gasteiger partial charge in [-0.15, -0.1) is 11.3 Å². The Labute approximate surface area is 95.4 Å². The van der Waals surface area contributed by atoms with Gasteiger partial charge in [-0.3, -0.25) is 9.20 Å². The van der Waals surface area contributed by atoms with E-state index in [0.29, 0.717) is 6.54 Å². The van der Waals surface area contributed by atoms with Gasteiger partial charge < -0.3 is 4.57 Å². The van der Waals surface area contributed by atoms with E-state index in [2.05, 4.69) is 4.98 Å². The van der Waals surface area contributed by atoms with Crippen molar-refractivity contribution in [3.05, 3.63) is 58.2 Å². The van der Waals surface area contributed by atoms with Gasteiger partial charge in [0, 0.05) is 42.3 Å². The summed E-state index contributed by atoms with van der Waals surface area (Å²) in [6, 6.07) is 3.11. The molecule has 0 saturated carbocycles. The Morgan fingerprint density at radius 2 is 2.06 bits per heavy atom. The van der Waals surface area contributed by atoms with Gasteiger partial charge in [-0.25, -0.2) is 4.98 Å². The van der Waals surface area contributed by atoms with Crippen LogP contribution >= 0.6 is 11.3 Å². The van der Waals surface area contributed by atoms with Gasteiger partial charge >= 0.3 is 0 Å². The van der Waals surface area contributed by atoms with Crippen LogP contribution in [0.25, 0.3) is 4.96 Å². The molecule has 3 aromatic rings. The van der Waals surface area contributed by atoms with Crippen molar-refractivity contribution in [1.82, 2.24) is 14.0 Å². The second kappa shape index (κ2) is 3.61. The van der Waals surface area contributed by atoms with Gasteiger partial charge in [0.25, 0.3) is 0 Å². The maximum Gasteiger partial charge on any atom is 0.193 e. The van der Waals surface area contributed by atoms with Crippen LogP contribution in [0.3, 0.4) is 0 Å². The molecule has 0 fully saturated rings. The highest BCUT2D eigenvalue weighted by Crippen LogP contribution is 2.11. The molecule has 0 unspecified atom stereocenters. The van der Waals surface area contributed by atoms with Crippen LogP contribution in [0.2, 0.25) is 0 Å². The average molecular weight is 231 g/mol. The lowest BCUT2D eigenvalue weighted by atomic mass is 10.4. The maximum atomic E-state index is 10.9. The lowest BCUT2D eigenvalue weighted by Crippen LogP contribution is -2.04. The Hall–Kier alpha value is -1.88. The second-order valence-corrected chi connectivity index (χ2v) is 4.40. The van der Waals surface area contributed by atoms with E-state index >= 15 is 0 Å². The lowest BCUT2D eigenvalue weighted by molar-refractivity contribution is 0.771. The SMILES string of the molecule is O=c1ccn(Cc2cn3ccsc3n2)cc1. The van der Waals surface area contributed by atoms with Gasteiger partial charge in [0.05, 0.1) is 12.2 Å². The highest BCUT2D eigenvalue weighted by atomic mass is 32.1. The van der Waals surface area contributed by atoms with E-state index < -0.39 is 0 Å². The number of aromatic nitrogens is 3. The van der Waals surface area contributed by atoms with Crippen LogP contribution in [-0.4, -0.2) is 14.0 Å². The summed E-state index contributed by atoms with van der Waals surface area (Å²) in [5, 5.41) is 2.01. The summed E-state index contributed by atoms with van der Waals surface area (Å²) in [6.07, 6.45) is 7.54. The van der Waals surface area contributed by atoms with Crippen LogP contribution in [-0.2, 0) is 6.54 Å². The van der Waals surface area contributed by atoms with Crippen LogP contribution in [0.1, 0.15) is 5.69 Å². The molecule has 0 aliphatic heterocycles. The lowest BCUT2D eigenvalue weighted by Gasteiger charge is -2.01. The third-order valence-electron chi connectivity index (χ3n) is 2.35. The molecule has 0 amide bonds. The van der Waals surface area contributed by atoms with Crippen molar-refractivity contribution in [2.24, 2.45) is 0 Å². The molecule has 4 nitrogen and oxygen atoms in total. The molecule has 0 saturated heterocycles. The summed E-state index contributed by atoms with van der Waals surface area (Å²) < 4.78 is 3.94.